The molecule has 1 aliphatic heterocycles. The number of alkyl halides is 7. The Balaban J connectivity index is 2.55. The molecule has 1 heterocycles. The van der Waals surface area contributed by atoms with E-state index in [2.05, 4.69) is 5.10 Å². The molecule has 0 aliphatic carbocycles. The van der Waals surface area contributed by atoms with Crippen molar-refractivity contribution in [3.8, 4) is 0 Å². The van der Waals surface area contributed by atoms with Crippen LogP contribution in [0.25, 0.3) is 0 Å². The Kier molecular flexibility index (Phi) is 5.25. The van der Waals surface area contributed by atoms with Gasteiger partial charge in [0.2, 0.25) is 5.72 Å². The summed E-state index contributed by atoms with van der Waals surface area (Å²) in [5.74, 6) is -14.2. The van der Waals surface area contributed by atoms with Gasteiger partial charge in [-0.15, -0.1) is 0 Å². The van der Waals surface area contributed by atoms with Crippen LogP contribution in [0.5, 0.6) is 0 Å². The minimum absolute atomic E-state index is 0.148. The topological polar surface area (TPSA) is 52.9 Å². The Hall–Kier alpha value is -1.88. The number of amides is 1. The van der Waals surface area contributed by atoms with E-state index in [-0.39, 0.29) is 17.2 Å². The maximum atomic E-state index is 14.3. The van der Waals surface area contributed by atoms with Gasteiger partial charge in [0.05, 0.1) is 0 Å². The third-order valence-electron chi connectivity index (χ3n) is 3.99. The van der Waals surface area contributed by atoms with E-state index in [1.807, 2.05) is 0 Å². The molecule has 150 valence electrons. The van der Waals surface area contributed by atoms with Crippen molar-refractivity contribution >= 4 is 23.2 Å². The van der Waals surface area contributed by atoms with Crippen LogP contribution >= 0.6 is 11.6 Å². The third-order valence-corrected chi connectivity index (χ3v) is 4.24. The molecule has 1 aromatic carbocycles. The zero-order valence-electron chi connectivity index (χ0n) is 13.5. The van der Waals surface area contributed by atoms with Crippen LogP contribution in [0.1, 0.15) is 30.1 Å². The Morgan fingerprint density at radius 1 is 1.19 bits per heavy atom. The first-order valence-corrected chi connectivity index (χ1v) is 7.78. The van der Waals surface area contributed by atoms with Gasteiger partial charge in [-0.25, -0.2) is 0 Å². The summed E-state index contributed by atoms with van der Waals surface area (Å²) in [5.41, 5.74) is -4.96. The van der Waals surface area contributed by atoms with Crippen molar-refractivity contribution in [1.82, 2.24) is 5.01 Å². The number of benzene rings is 1. The van der Waals surface area contributed by atoms with Crippen molar-refractivity contribution in [2.45, 2.75) is 43.5 Å². The lowest BCUT2D eigenvalue weighted by Gasteiger charge is -2.41. The van der Waals surface area contributed by atoms with E-state index in [1.165, 1.54) is 6.92 Å². The second-order valence-corrected chi connectivity index (χ2v) is 6.22. The minimum Gasteiger partial charge on any atom is -0.364 e. The summed E-state index contributed by atoms with van der Waals surface area (Å²) in [6, 6.07) is 4.36. The molecular formula is C15H12ClF7N2O2. The maximum Gasteiger partial charge on any atom is 0.460 e. The number of carbonyl (C=O) groups is 1. The third kappa shape index (κ3) is 3.27. The molecule has 12 heteroatoms. The van der Waals surface area contributed by atoms with Gasteiger partial charge in [0.15, 0.2) is 0 Å². The highest BCUT2D eigenvalue weighted by Gasteiger charge is 2.82. The Morgan fingerprint density at radius 3 is 2.15 bits per heavy atom. The van der Waals surface area contributed by atoms with Gasteiger partial charge in [-0.3, -0.25) is 4.79 Å². The quantitative estimate of drug-likeness (QED) is 0.731. The van der Waals surface area contributed by atoms with E-state index in [0.29, 0.717) is 0 Å². The summed E-state index contributed by atoms with van der Waals surface area (Å²) in [7, 11) is 0. The van der Waals surface area contributed by atoms with Crippen molar-refractivity contribution < 1.29 is 40.6 Å². The van der Waals surface area contributed by atoms with Gasteiger partial charge in [0.1, 0.15) is 0 Å². The van der Waals surface area contributed by atoms with Crippen LogP contribution in [-0.4, -0.2) is 45.5 Å². The highest BCUT2D eigenvalue weighted by molar-refractivity contribution is 6.30. The monoisotopic (exact) mass is 420 g/mol. The summed E-state index contributed by atoms with van der Waals surface area (Å²) in [4.78, 5) is 12.4. The molecule has 0 aromatic heterocycles. The molecule has 0 spiro atoms. The number of nitrogens with zero attached hydrogens (tertiary/aromatic N) is 2. The number of hydrazone groups is 1. The van der Waals surface area contributed by atoms with Gasteiger partial charge in [0.25, 0.3) is 5.91 Å². The zero-order valence-corrected chi connectivity index (χ0v) is 14.3. The van der Waals surface area contributed by atoms with E-state index in [4.69, 9.17) is 11.6 Å². The molecule has 1 aromatic rings. The number of hydrogen-bond donors (Lipinski definition) is 1. The molecular weight excluding hydrogens is 409 g/mol. The molecule has 1 amide bonds. The molecule has 1 N–H and O–H groups in total. The summed E-state index contributed by atoms with van der Waals surface area (Å²) >= 11 is 5.61. The van der Waals surface area contributed by atoms with Gasteiger partial charge in [-0.2, -0.15) is 40.8 Å². The predicted molar refractivity (Wildman–Crippen MR) is 80.9 cm³/mol. The fourth-order valence-corrected chi connectivity index (χ4v) is 2.54. The standard InChI is InChI=1S/C15H12ClF7N2O2/c1-2-10-7-12(27,13(17,18)14(19,20)15(21,22)23)25(24-10)11(26)8-3-5-9(16)6-4-8/h3-6,27H,2,7H2,1H3/t12-/m1/s1. The van der Waals surface area contributed by atoms with Crippen molar-refractivity contribution in [1.29, 1.82) is 0 Å². The summed E-state index contributed by atoms with van der Waals surface area (Å²) in [6.07, 6.45) is -8.21. The largest absolute Gasteiger partial charge is 0.460 e. The van der Waals surface area contributed by atoms with E-state index in [9.17, 15) is 40.6 Å². The van der Waals surface area contributed by atoms with Crippen molar-refractivity contribution in [2.24, 2.45) is 5.10 Å². The van der Waals surface area contributed by atoms with Gasteiger partial charge in [0, 0.05) is 22.7 Å². The van der Waals surface area contributed by atoms with Gasteiger partial charge < -0.3 is 5.11 Å². The van der Waals surface area contributed by atoms with Crippen LogP contribution in [0.4, 0.5) is 30.7 Å². The van der Waals surface area contributed by atoms with Crippen molar-refractivity contribution in [3.63, 3.8) is 0 Å². The summed E-state index contributed by atoms with van der Waals surface area (Å²) in [6.45, 7) is 1.34. The second-order valence-electron chi connectivity index (χ2n) is 5.78. The molecule has 27 heavy (non-hydrogen) atoms. The Labute approximate surface area is 153 Å². The number of carbonyl (C=O) groups excluding carboxylic acids is 1. The first kappa shape index (κ1) is 21.4. The Morgan fingerprint density at radius 2 is 1.70 bits per heavy atom. The molecule has 0 radical (unpaired) electrons. The normalized spacial score (nSPS) is 21.4. The lowest BCUT2D eigenvalue weighted by Crippen LogP contribution is -2.69. The number of rotatable bonds is 4. The SMILES string of the molecule is CCC1=NN(C(=O)c2ccc(Cl)cc2)[C@](O)(C(F)(F)C(F)(F)C(F)(F)F)C1. The van der Waals surface area contributed by atoms with Gasteiger partial charge >= 0.3 is 18.0 Å². The Bertz CT molecular complexity index is 764. The number of aliphatic hydroxyl groups is 1. The molecule has 4 nitrogen and oxygen atoms in total. The van der Waals surface area contributed by atoms with Crippen LogP contribution in [0.15, 0.2) is 29.4 Å². The van der Waals surface area contributed by atoms with Gasteiger partial charge in [-0.05, 0) is 30.7 Å². The molecule has 0 unspecified atom stereocenters. The number of halogens is 8. The van der Waals surface area contributed by atoms with Crippen molar-refractivity contribution in [3.05, 3.63) is 34.9 Å². The highest BCUT2D eigenvalue weighted by Crippen LogP contribution is 2.54. The molecule has 1 atom stereocenters. The van der Waals surface area contributed by atoms with Crippen molar-refractivity contribution in [2.75, 3.05) is 0 Å². The summed E-state index contributed by atoms with van der Waals surface area (Å²) in [5, 5.41) is 13.3. The average molecular weight is 421 g/mol. The van der Waals surface area contributed by atoms with E-state index < -0.39 is 46.6 Å². The van der Waals surface area contributed by atoms with E-state index in [0.717, 1.165) is 24.3 Å². The van der Waals surface area contributed by atoms with Crippen LogP contribution in [0, 0.1) is 0 Å². The van der Waals surface area contributed by atoms with E-state index >= 15 is 0 Å². The van der Waals surface area contributed by atoms with Gasteiger partial charge in [-0.1, -0.05) is 18.5 Å². The van der Waals surface area contributed by atoms with Crippen LogP contribution in [0.3, 0.4) is 0 Å². The average Bonchev–Trinajstić information content (AvgIpc) is 2.92. The summed E-state index contributed by atoms with van der Waals surface area (Å²) < 4.78 is 93.1. The van der Waals surface area contributed by atoms with Crippen LogP contribution < -0.4 is 0 Å². The molecule has 0 saturated carbocycles. The first-order valence-electron chi connectivity index (χ1n) is 7.40. The smallest absolute Gasteiger partial charge is 0.364 e. The fraction of sp³-hybridized carbons (Fsp3) is 0.467. The molecule has 0 saturated heterocycles. The number of hydrogen-bond acceptors (Lipinski definition) is 3. The lowest BCUT2D eigenvalue weighted by molar-refractivity contribution is -0.400. The molecule has 0 bridgehead atoms. The molecule has 1 aliphatic rings. The second kappa shape index (κ2) is 6.62. The van der Waals surface area contributed by atoms with Crippen LogP contribution in [0.2, 0.25) is 5.02 Å². The first-order chi connectivity index (χ1) is 12.2. The lowest BCUT2D eigenvalue weighted by atomic mass is 9.92. The van der Waals surface area contributed by atoms with E-state index in [1.54, 1.807) is 0 Å². The molecule has 0 fully saturated rings. The fourth-order valence-electron chi connectivity index (χ4n) is 2.42. The van der Waals surface area contributed by atoms with Crippen LogP contribution in [-0.2, 0) is 0 Å². The maximum absolute atomic E-state index is 14.3. The molecule has 2 rings (SSSR count). The minimum atomic E-state index is -6.67. The highest BCUT2D eigenvalue weighted by atomic mass is 35.5. The zero-order chi connectivity index (χ0) is 20.8. The predicted octanol–water partition coefficient (Wildman–Crippen LogP) is 4.47.